The molecule has 2 rings (SSSR count). The lowest BCUT2D eigenvalue weighted by atomic mass is 10.2. The van der Waals surface area contributed by atoms with E-state index >= 15 is 0 Å². The molecule has 1 N–H and O–H groups in total. The van der Waals surface area contributed by atoms with Crippen molar-refractivity contribution in [3.8, 4) is 6.07 Å². The van der Waals surface area contributed by atoms with Gasteiger partial charge in [-0.2, -0.15) is 9.98 Å². The largest absolute Gasteiger partial charge is 0.241 e. The van der Waals surface area contributed by atoms with E-state index in [1.165, 1.54) is 0 Å². The van der Waals surface area contributed by atoms with E-state index in [1.807, 2.05) is 19.1 Å². The molecule has 0 aromatic heterocycles. The maximum absolute atomic E-state index is 12.2. The van der Waals surface area contributed by atoms with Crippen LogP contribution in [-0.4, -0.2) is 14.5 Å². The van der Waals surface area contributed by atoms with E-state index in [0.29, 0.717) is 5.56 Å². The second-order valence-corrected chi connectivity index (χ2v) is 6.52. The second-order valence-electron chi connectivity index (χ2n) is 4.83. The van der Waals surface area contributed by atoms with E-state index < -0.39 is 16.1 Å². The summed E-state index contributed by atoms with van der Waals surface area (Å²) in [6, 6.07) is 6.61. The minimum atomic E-state index is -3.60. The van der Waals surface area contributed by atoms with E-state index in [9.17, 15) is 8.42 Å². The summed E-state index contributed by atoms with van der Waals surface area (Å²) in [6.07, 6.45) is 1.85. The quantitative estimate of drug-likeness (QED) is 0.902. The third kappa shape index (κ3) is 2.71. The summed E-state index contributed by atoms with van der Waals surface area (Å²) in [7, 11) is -3.60. The molecule has 1 aromatic carbocycles. The van der Waals surface area contributed by atoms with Crippen molar-refractivity contribution < 1.29 is 8.42 Å². The summed E-state index contributed by atoms with van der Waals surface area (Å²) >= 11 is 0. The van der Waals surface area contributed by atoms with Gasteiger partial charge in [0.1, 0.15) is 6.04 Å². The SMILES string of the molecule is Cc1ccc(S(=O)(=O)NC(C#N)C2CC2)c(C)c1. The number of hydrogen-bond acceptors (Lipinski definition) is 3. The fourth-order valence-corrected chi connectivity index (χ4v) is 3.43. The topological polar surface area (TPSA) is 70.0 Å². The lowest BCUT2D eigenvalue weighted by Crippen LogP contribution is -2.35. The van der Waals surface area contributed by atoms with Gasteiger partial charge in [-0.05, 0) is 44.2 Å². The van der Waals surface area contributed by atoms with Gasteiger partial charge in [0, 0.05) is 0 Å². The van der Waals surface area contributed by atoms with Crippen molar-refractivity contribution in [1.82, 2.24) is 4.72 Å². The Balaban J connectivity index is 2.27. The monoisotopic (exact) mass is 264 g/mol. The first-order valence-electron chi connectivity index (χ1n) is 5.93. The molecule has 0 saturated heterocycles. The fraction of sp³-hybridized carbons (Fsp3) is 0.462. The Kier molecular flexibility index (Phi) is 3.42. The molecule has 0 bridgehead atoms. The van der Waals surface area contributed by atoms with Crippen LogP contribution in [0.25, 0.3) is 0 Å². The van der Waals surface area contributed by atoms with Crippen LogP contribution >= 0.6 is 0 Å². The molecule has 1 saturated carbocycles. The number of aryl methyl sites for hydroxylation is 2. The average Bonchev–Trinajstić information content (AvgIpc) is 3.09. The molecule has 1 aliphatic carbocycles. The van der Waals surface area contributed by atoms with Crippen molar-refractivity contribution in [2.45, 2.75) is 37.6 Å². The summed E-state index contributed by atoms with van der Waals surface area (Å²) in [5.41, 5.74) is 1.72. The minimum Gasteiger partial charge on any atom is -0.207 e. The zero-order valence-corrected chi connectivity index (χ0v) is 11.3. The average molecular weight is 264 g/mol. The third-order valence-corrected chi connectivity index (χ3v) is 4.74. The van der Waals surface area contributed by atoms with Gasteiger partial charge in [0.05, 0.1) is 11.0 Å². The molecule has 0 heterocycles. The van der Waals surface area contributed by atoms with Gasteiger partial charge in [-0.3, -0.25) is 0 Å². The van der Waals surface area contributed by atoms with Crippen LogP contribution in [0.4, 0.5) is 0 Å². The lowest BCUT2D eigenvalue weighted by Gasteiger charge is -2.13. The van der Waals surface area contributed by atoms with Crippen LogP contribution in [0.15, 0.2) is 23.1 Å². The summed E-state index contributed by atoms with van der Waals surface area (Å²) in [5.74, 6) is 0.176. The minimum absolute atomic E-state index is 0.176. The Bertz CT molecular complexity index is 598. The van der Waals surface area contributed by atoms with Gasteiger partial charge in [0.15, 0.2) is 0 Å². The van der Waals surface area contributed by atoms with Crippen molar-refractivity contribution in [3.05, 3.63) is 29.3 Å². The fourth-order valence-electron chi connectivity index (χ4n) is 1.99. The van der Waals surface area contributed by atoms with Crippen molar-refractivity contribution in [1.29, 1.82) is 5.26 Å². The highest BCUT2D eigenvalue weighted by atomic mass is 32.2. The van der Waals surface area contributed by atoms with Gasteiger partial charge in [-0.25, -0.2) is 8.42 Å². The highest BCUT2D eigenvalue weighted by Crippen LogP contribution is 2.33. The van der Waals surface area contributed by atoms with Crippen molar-refractivity contribution >= 4 is 10.0 Å². The lowest BCUT2D eigenvalue weighted by molar-refractivity contribution is 0.559. The molecule has 96 valence electrons. The van der Waals surface area contributed by atoms with Gasteiger partial charge in [0.2, 0.25) is 10.0 Å². The summed E-state index contributed by atoms with van der Waals surface area (Å²) in [6.45, 7) is 3.68. The number of benzene rings is 1. The van der Waals surface area contributed by atoms with E-state index in [0.717, 1.165) is 18.4 Å². The molecule has 0 amide bonds. The Morgan fingerprint density at radius 2 is 2.06 bits per heavy atom. The Morgan fingerprint density at radius 1 is 1.39 bits per heavy atom. The van der Waals surface area contributed by atoms with E-state index in [1.54, 1.807) is 19.1 Å². The molecule has 1 aromatic rings. The van der Waals surface area contributed by atoms with E-state index in [4.69, 9.17) is 5.26 Å². The standard InChI is InChI=1S/C13H16N2O2S/c1-9-3-6-13(10(2)7-9)18(16,17)15-12(8-14)11-4-5-11/h3,6-7,11-12,15H,4-5H2,1-2H3. The van der Waals surface area contributed by atoms with Crippen LogP contribution in [0.1, 0.15) is 24.0 Å². The molecule has 1 unspecified atom stereocenters. The molecule has 0 radical (unpaired) electrons. The second kappa shape index (κ2) is 4.71. The molecule has 18 heavy (non-hydrogen) atoms. The number of nitrogens with one attached hydrogen (secondary N) is 1. The number of nitrogens with zero attached hydrogens (tertiary/aromatic N) is 1. The summed E-state index contributed by atoms with van der Waals surface area (Å²) in [4.78, 5) is 0.258. The zero-order valence-electron chi connectivity index (χ0n) is 10.5. The van der Waals surface area contributed by atoms with Crippen LogP contribution in [-0.2, 0) is 10.0 Å². The van der Waals surface area contributed by atoms with E-state index in [2.05, 4.69) is 4.72 Å². The highest BCUT2D eigenvalue weighted by Gasteiger charge is 2.34. The van der Waals surface area contributed by atoms with Gasteiger partial charge >= 0.3 is 0 Å². The van der Waals surface area contributed by atoms with E-state index in [-0.39, 0.29) is 10.8 Å². The number of hydrogen-bond donors (Lipinski definition) is 1. The first-order valence-corrected chi connectivity index (χ1v) is 7.41. The first kappa shape index (κ1) is 13.1. The molecule has 1 aliphatic rings. The Hall–Kier alpha value is -1.38. The van der Waals surface area contributed by atoms with Crippen molar-refractivity contribution in [3.63, 3.8) is 0 Å². The number of sulfonamides is 1. The Morgan fingerprint density at radius 3 is 2.56 bits per heavy atom. The highest BCUT2D eigenvalue weighted by molar-refractivity contribution is 7.89. The van der Waals surface area contributed by atoms with Crippen LogP contribution in [0.3, 0.4) is 0 Å². The molecular formula is C13H16N2O2S. The molecule has 5 heteroatoms. The van der Waals surface area contributed by atoms with Gasteiger partial charge in [0.25, 0.3) is 0 Å². The number of nitriles is 1. The van der Waals surface area contributed by atoms with Crippen LogP contribution < -0.4 is 4.72 Å². The molecule has 1 atom stereocenters. The van der Waals surface area contributed by atoms with Crippen LogP contribution in [0.2, 0.25) is 0 Å². The third-order valence-electron chi connectivity index (χ3n) is 3.13. The molecular weight excluding hydrogens is 248 g/mol. The summed E-state index contributed by atoms with van der Waals surface area (Å²) < 4.78 is 26.9. The predicted octanol–water partition coefficient (Wildman–Crippen LogP) is 1.88. The predicted molar refractivity (Wildman–Crippen MR) is 68.4 cm³/mol. The summed E-state index contributed by atoms with van der Waals surface area (Å²) in [5, 5.41) is 8.98. The number of rotatable bonds is 4. The molecule has 0 spiro atoms. The molecule has 1 fully saturated rings. The van der Waals surface area contributed by atoms with Gasteiger partial charge in [-0.1, -0.05) is 17.7 Å². The maximum Gasteiger partial charge on any atom is 0.241 e. The molecule has 4 nitrogen and oxygen atoms in total. The van der Waals surface area contributed by atoms with Gasteiger partial charge < -0.3 is 0 Å². The van der Waals surface area contributed by atoms with Crippen LogP contribution in [0.5, 0.6) is 0 Å². The Labute approximate surface area is 108 Å². The van der Waals surface area contributed by atoms with Crippen LogP contribution in [0, 0.1) is 31.1 Å². The first-order chi connectivity index (χ1) is 8.44. The zero-order chi connectivity index (χ0) is 13.3. The normalized spacial score (nSPS) is 17.2. The van der Waals surface area contributed by atoms with Gasteiger partial charge in [-0.15, -0.1) is 0 Å². The van der Waals surface area contributed by atoms with Crippen molar-refractivity contribution in [2.75, 3.05) is 0 Å². The van der Waals surface area contributed by atoms with Crippen molar-refractivity contribution in [2.24, 2.45) is 5.92 Å². The smallest absolute Gasteiger partial charge is 0.207 e. The maximum atomic E-state index is 12.2. The molecule has 0 aliphatic heterocycles.